The van der Waals surface area contributed by atoms with Gasteiger partial charge in [-0.25, -0.2) is 0 Å². The Morgan fingerprint density at radius 1 is 1.38 bits per heavy atom. The zero-order valence-corrected chi connectivity index (χ0v) is 12.5. The smallest absolute Gasteiger partial charge is 0.0696 e. The highest BCUT2D eigenvalue weighted by Gasteiger charge is 2.08. The highest BCUT2D eigenvalue weighted by atomic mass is 127. The van der Waals surface area contributed by atoms with Crippen LogP contribution in [-0.4, -0.2) is 37.6 Å². The van der Waals surface area contributed by atoms with Gasteiger partial charge in [-0.1, -0.05) is 12.1 Å². The van der Waals surface area contributed by atoms with Crippen LogP contribution in [0.4, 0.5) is 0 Å². The van der Waals surface area contributed by atoms with Gasteiger partial charge < -0.3 is 9.64 Å². The number of alkyl halides is 1. The van der Waals surface area contributed by atoms with Crippen LogP contribution >= 0.6 is 34.2 Å². The van der Waals surface area contributed by atoms with Crippen molar-refractivity contribution in [1.29, 1.82) is 0 Å². The second kappa shape index (κ2) is 7.48. The number of hydrogen-bond acceptors (Lipinski definition) is 2. The van der Waals surface area contributed by atoms with Gasteiger partial charge in [-0.05, 0) is 47.3 Å². The number of benzene rings is 1. The molecule has 1 aromatic carbocycles. The molecular formula is C12H17ClINO. The van der Waals surface area contributed by atoms with Gasteiger partial charge >= 0.3 is 0 Å². The summed E-state index contributed by atoms with van der Waals surface area (Å²) >= 11 is 8.41. The van der Waals surface area contributed by atoms with Gasteiger partial charge in [-0.15, -0.1) is 11.6 Å². The largest absolute Gasteiger partial charge is 0.383 e. The van der Waals surface area contributed by atoms with Crippen LogP contribution in [0.25, 0.3) is 0 Å². The van der Waals surface area contributed by atoms with Crippen LogP contribution in [0.15, 0.2) is 24.3 Å². The number of hydrogen-bond donors (Lipinski definition) is 0. The van der Waals surface area contributed by atoms with E-state index in [2.05, 4.69) is 58.8 Å². The third-order valence-corrected chi connectivity index (χ3v) is 3.21. The lowest BCUT2D eigenvalue weighted by molar-refractivity contribution is 0.181. The van der Waals surface area contributed by atoms with Crippen molar-refractivity contribution in [3.63, 3.8) is 0 Å². The van der Waals surface area contributed by atoms with Crippen LogP contribution in [0, 0.1) is 3.57 Å². The molecule has 4 heteroatoms. The Morgan fingerprint density at radius 3 is 2.56 bits per heavy atom. The zero-order chi connectivity index (χ0) is 12.0. The second-order valence-corrected chi connectivity index (χ2v) is 5.74. The van der Waals surface area contributed by atoms with Gasteiger partial charge in [0.1, 0.15) is 0 Å². The third kappa shape index (κ3) is 5.48. The molecule has 2 nitrogen and oxygen atoms in total. The highest BCUT2D eigenvalue weighted by molar-refractivity contribution is 14.1. The summed E-state index contributed by atoms with van der Waals surface area (Å²) in [5, 5.41) is 0.0545. The van der Waals surface area contributed by atoms with Crippen molar-refractivity contribution in [2.24, 2.45) is 0 Å². The fourth-order valence-electron chi connectivity index (χ4n) is 1.54. The topological polar surface area (TPSA) is 12.5 Å². The van der Waals surface area contributed by atoms with Crippen LogP contribution in [0.1, 0.15) is 5.56 Å². The van der Waals surface area contributed by atoms with Crippen LogP contribution in [0.2, 0.25) is 0 Å². The summed E-state index contributed by atoms with van der Waals surface area (Å²) in [7, 11) is 3.75. The van der Waals surface area contributed by atoms with E-state index in [1.165, 1.54) is 9.13 Å². The van der Waals surface area contributed by atoms with Crippen molar-refractivity contribution in [2.75, 3.05) is 27.3 Å². The predicted octanol–water partition coefficient (Wildman–Crippen LogP) is 2.98. The average molecular weight is 354 g/mol. The monoisotopic (exact) mass is 353 g/mol. The number of ether oxygens (including phenoxy) is 1. The Labute approximate surface area is 116 Å². The first kappa shape index (κ1) is 14.2. The SMILES string of the molecule is COCC(Cl)CN(C)Cc1ccc(I)cc1. The number of rotatable bonds is 6. The summed E-state index contributed by atoms with van der Waals surface area (Å²) in [6.07, 6.45) is 0. The molecule has 0 heterocycles. The van der Waals surface area contributed by atoms with Crippen molar-refractivity contribution >= 4 is 34.2 Å². The van der Waals surface area contributed by atoms with E-state index in [1.54, 1.807) is 7.11 Å². The Bertz CT molecular complexity index is 304. The standard InChI is InChI=1S/C12H17ClINO/c1-15(8-11(13)9-16-2)7-10-3-5-12(14)6-4-10/h3-6,11H,7-9H2,1-2H3. The fraction of sp³-hybridized carbons (Fsp3) is 0.500. The van der Waals surface area contributed by atoms with Gasteiger partial charge in [-0.3, -0.25) is 0 Å². The van der Waals surface area contributed by atoms with E-state index in [0.717, 1.165) is 13.1 Å². The molecule has 0 N–H and O–H groups in total. The van der Waals surface area contributed by atoms with E-state index in [9.17, 15) is 0 Å². The quantitative estimate of drug-likeness (QED) is 0.576. The molecule has 0 aliphatic rings. The van der Waals surface area contributed by atoms with Crippen LogP contribution < -0.4 is 0 Å². The highest BCUT2D eigenvalue weighted by Crippen LogP contribution is 2.09. The molecule has 0 aromatic heterocycles. The maximum atomic E-state index is 6.10. The molecule has 0 bridgehead atoms. The molecule has 0 spiro atoms. The first-order chi connectivity index (χ1) is 7.61. The molecule has 0 amide bonds. The van der Waals surface area contributed by atoms with Crippen molar-refractivity contribution < 1.29 is 4.74 Å². The Balaban J connectivity index is 2.39. The summed E-state index contributed by atoms with van der Waals surface area (Å²) < 4.78 is 6.27. The molecule has 0 aliphatic heterocycles. The van der Waals surface area contributed by atoms with E-state index in [1.807, 2.05) is 0 Å². The lowest BCUT2D eigenvalue weighted by Gasteiger charge is -2.19. The summed E-state index contributed by atoms with van der Waals surface area (Å²) in [5.41, 5.74) is 1.31. The molecular weight excluding hydrogens is 336 g/mol. The molecule has 16 heavy (non-hydrogen) atoms. The predicted molar refractivity (Wildman–Crippen MR) is 77.0 cm³/mol. The molecule has 0 saturated carbocycles. The minimum atomic E-state index is 0.0545. The number of nitrogens with zero attached hydrogens (tertiary/aromatic N) is 1. The molecule has 1 rings (SSSR count). The van der Waals surface area contributed by atoms with Crippen molar-refractivity contribution in [3.8, 4) is 0 Å². The Hall–Kier alpha value is 0.160. The van der Waals surface area contributed by atoms with E-state index in [4.69, 9.17) is 16.3 Å². The lowest BCUT2D eigenvalue weighted by Crippen LogP contribution is -2.28. The van der Waals surface area contributed by atoms with Crippen LogP contribution in [-0.2, 0) is 11.3 Å². The van der Waals surface area contributed by atoms with E-state index < -0.39 is 0 Å². The molecule has 0 fully saturated rings. The Kier molecular flexibility index (Phi) is 6.65. The van der Waals surface area contributed by atoms with Crippen LogP contribution in [0.5, 0.6) is 0 Å². The molecule has 1 unspecified atom stereocenters. The Morgan fingerprint density at radius 2 is 2.00 bits per heavy atom. The molecule has 0 aliphatic carbocycles. The summed E-state index contributed by atoms with van der Waals surface area (Å²) in [6.45, 7) is 2.35. The van der Waals surface area contributed by atoms with Crippen LogP contribution in [0.3, 0.4) is 0 Å². The van der Waals surface area contributed by atoms with Gasteiger partial charge in [0.05, 0.1) is 12.0 Å². The summed E-state index contributed by atoms with van der Waals surface area (Å²) in [6, 6.07) is 8.55. The van der Waals surface area contributed by atoms with E-state index in [0.29, 0.717) is 6.61 Å². The van der Waals surface area contributed by atoms with Gasteiger partial charge in [0, 0.05) is 23.8 Å². The molecule has 0 saturated heterocycles. The third-order valence-electron chi connectivity index (χ3n) is 2.22. The molecule has 90 valence electrons. The zero-order valence-electron chi connectivity index (χ0n) is 9.62. The van der Waals surface area contributed by atoms with E-state index >= 15 is 0 Å². The second-order valence-electron chi connectivity index (χ2n) is 3.88. The minimum Gasteiger partial charge on any atom is -0.383 e. The fourth-order valence-corrected chi connectivity index (χ4v) is 2.26. The van der Waals surface area contributed by atoms with Crippen molar-refractivity contribution in [3.05, 3.63) is 33.4 Å². The average Bonchev–Trinajstić information content (AvgIpc) is 2.21. The molecule has 1 atom stereocenters. The first-order valence-electron chi connectivity index (χ1n) is 5.18. The lowest BCUT2D eigenvalue weighted by atomic mass is 10.2. The van der Waals surface area contributed by atoms with Gasteiger partial charge in [0.2, 0.25) is 0 Å². The normalized spacial score (nSPS) is 13.1. The van der Waals surface area contributed by atoms with Gasteiger partial charge in [-0.2, -0.15) is 0 Å². The van der Waals surface area contributed by atoms with E-state index in [-0.39, 0.29) is 5.38 Å². The first-order valence-corrected chi connectivity index (χ1v) is 6.69. The maximum Gasteiger partial charge on any atom is 0.0696 e. The number of halogens is 2. The number of methoxy groups -OCH3 is 1. The molecule has 0 radical (unpaired) electrons. The van der Waals surface area contributed by atoms with Crippen molar-refractivity contribution in [1.82, 2.24) is 4.90 Å². The van der Waals surface area contributed by atoms with Gasteiger partial charge in [0.25, 0.3) is 0 Å². The van der Waals surface area contributed by atoms with Crippen molar-refractivity contribution in [2.45, 2.75) is 11.9 Å². The van der Waals surface area contributed by atoms with Gasteiger partial charge in [0.15, 0.2) is 0 Å². The summed E-state index contributed by atoms with van der Waals surface area (Å²) in [4.78, 5) is 2.21. The summed E-state index contributed by atoms with van der Waals surface area (Å²) in [5.74, 6) is 0. The molecule has 1 aromatic rings. The minimum absolute atomic E-state index is 0.0545. The maximum absolute atomic E-state index is 6.10.